The molecule has 0 bridgehead atoms. The van der Waals surface area contributed by atoms with Gasteiger partial charge in [0.2, 0.25) is 5.95 Å². The van der Waals surface area contributed by atoms with Crippen LogP contribution in [0.25, 0.3) is 0 Å². The normalized spacial score (nSPS) is 11.8. The fourth-order valence-corrected chi connectivity index (χ4v) is 2.36. The van der Waals surface area contributed by atoms with Crippen molar-refractivity contribution in [2.24, 2.45) is 7.05 Å². The fraction of sp³-hybridized carbons (Fsp3) is 0.300. The van der Waals surface area contributed by atoms with Crippen LogP contribution >= 0.6 is 11.8 Å². The maximum absolute atomic E-state index is 12.6. The molecule has 102 valence electrons. The Balaban J connectivity index is 2.35. The van der Waals surface area contributed by atoms with Crippen LogP contribution in [0, 0.1) is 6.92 Å². The van der Waals surface area contributed by atoms with E-state index in [1.54, 1.807) is 24.7 Å². The summed E-state index contributed by atoms with van der Waals surface area (Å²) in [5.74, 6) is -0.406. The molecule has 2 rings (SSSR count). The average molecular weight is 289 g/mol. The molecule has 0 aliphatic heterocycles. The summed E-state index contributed by atoms with van der Waals surface area (Å²) in [7, 11) is 1.70. The molecule has 0 aliphatic carbocycles. The van der Waals surface area contributed by atoms with Gasteiger partial charge < -0.3 is 5.73 Å². The summed E-state index contributed by atoms with van der Waals surface area (Å²) >= 11 is 1.05. The van der Waals surface area contributed by atoms with E-state index in [1.807, 2.05) is 0 Å². The quantitative estimate of drug-likeness (QED) is 0.859. The number of hydrogen-bond donors (Lipinski definition) is 1. The van der Waals surface area contributed by atoms with Crippen molar-refractivity contribution in [2.45, 2.75) is 23.2 Å². The van der Waals surface area contributed by atoms with E-state index in [0.29, 0.717) is 5.03 Å². The maximum Gasteiger partial charge on any atom is 0.433 e. The van der Waals surface area contributed by atoms with Crippen molar-refractivity contribution in [3.05, 3.63) is 23.5 Å². The van der Waals surface area contributed by atoms with E-state index in [4.69, 9.17) is 5.73 Å². The molecule has 0 atom stereocenters. The summed E-state index contributed by atoms with van der Waals surface area (Å²) in [5, 5.41) is 4.90. The van der Waals surface area contributed by atoms with E-state index < -0.39 is 17.8 Å². The van der Waals surface area contributed by atoms with Gasteiger partial charge in [0.05, 0.1) is 5.69 Å². The summed E-state index contributed by atoms with van der Waals surface area (Å²) in [6.45, 7) is 1.79. The highest BCUT2D eigenvalue weighted by molar-refractivity contribution is 7.99. The van der Waals surface area contributed by atoms with Crippen molar-refractivity contribution >= 4 is 17.7 Å². The van der Waals surface area contributed by atoms with Gasteiger partial charge in [0.1, 0.15) is 10.1 Å². The Morgan fingerprint density at radius 1 is 1.26 bits per heavy atom. The van der Waals surface area contributed by atoms with Crippen LogP contribution in [-0.2, 0) is 13.2 Å². The molecule has 2 aromatic rings. The van der Waals surface area contributed by atoms with Crippen LogP contribution in [0.2, 0.25) is 0 Å². The van der Waals surface area contributed by atoms with Gasteiger partial charge in [0, 0.05) is 13.1 Å². The number of nitrogen functional groups attached to an aromatic ring is 1. The summed E-state index contributed by atoms with van der Waals surface area (Å²) in [5.41, 5.74) is 5.01. The van der Waals surface area contributed by atoms with Crippen molar-refractivity contribution in [1.82, 2.24) is 19.7 Å². The molecule has 0 aromatic carbocycles. The van der Waals surface area contributed by atoms with Crippen LogP contribution in [0.15, 0.2) is 22.2 Å². The molecule has 0 saturated carbocycles. The first kappa shape index (κ1) is 13.7. The van der Waals surface area contributed by atoms with Crippen molar-refractivity contribution in [3.63, 3.8) is 0 Å². The van der Waals surface area contributed by atoms with E-state index in [1.165, 1.54) is 0 Å². The first-order chi connectivity index (χ1) is 8.75. The Hall–Kier alpha value is -1.77. The monoisotopic (exact) mass is 289 g/mol. The average Bonchev–Trinajstić information content (AvgIpc) is 2.55. The molecular formula is C10H10F3N5S. The van der Waals surface area contributed by atoms with Crippen molar-refractivity contribution in [2.75, 3.05) is 5.73 Å². The molecule has 5 nitrogen and oxygen atoms in total. The largest absolute Gasteiger partial charge is 0.433 e. The zero-order valence-corrected chi connectivity index (χ0v) is 10.9. The van der Waals surface area contributed by atoms with E-state index >= 15 is 0 Å². The molecule has 0 saturated heterocycles. The van der Waals surface area contributed by atoms with Crippen LogP contribution in [0.5, 0.6) is 0 Å². The molecule has 0 amide bonds. The van der Waals surface area contributed by atoms with E-state index in [9.17, 15) is 13.2 Å². The van der Waals surface area contributed by atoms with Gasteiger partial charge in [0.25, 0.3) is 0 Å². The Kier molecular flexibility index (Phi) is 3.40. The zero-order valence-electron chi connectivity index (χ0n) is 10.1. The molecule has 0 radical (unpaired) electrons. The topological polar surface area (TPSA) is 69.6 Å². The molecule has 0 unspecified atom stereocenters. The highest BCUT2D eigenvalue weighted by atomic mass is 32.2. The van der Waals surface area contributed by atoms with E-state index in [2.05, 4.69) is 15.1 Å². The number of aromatic nitrogens is 4. The molecular weight excluding hydrogens is 279 g/mol. The molecule has 19 heavy (non-hydrogen) atoms. The third kappa shape index (κ3) is 3.16. The second kappa shape index (κ2) is 4.72. The third-order valence-corrected chi connectivity index (χ3v) is 3.19. The van der Waals surface area contributed by atoms with Crippen LogP contribution in [0.4, 0.5) is 19.1 Å². The van der Waals surface area contributed by atoms with Crippen molar-refractivity contribution in [3.8, 4) is 0 Å². The van der Waals surface area contributed by atoms with Gasteiger partial charge in [-0.3, -0.25) is 4.68 Å². The molecule has 2 heterocycles. The highest BCUT2D eigenvalue weighted by Gasteiger charge is 2.33. The Morgan fingerprint density at radius 3 is 2.47 bits per heavy atom. The lowest BCUT2D eigenvalue weighted by atomic mass is 10.4. The van der Waals surface area contributed by atoms with E-state index in [0.717, 1.165) is 23.5 Å². The van der Waals surface area contributed by atoms with Gasteiger partial charge in [-0.1, -0.05) is 11.8 Å². The molecule has 9 heteroatoms. The molecule has 0 aliphatic rings. The predicted molar refractivity (Wildman–Crippen MR) is 63.5 cm³/mol. The lowest BCUT2D eigenvalue weighted by Crippen LogP contribution is -2.11. The lowest BCUT2D eigenvalue weighted by molar-refractivity contribution is -0.141. The van der Waals surface area contributed by atoms with Gasteiger partial charge in [0.15, 0.2) is 5.69 Å². The van der Waals surface area contributed by atoms with Gasteiger partial charge >= 0.3 is 6.18 Å². The first-order valence-corrected chi connectivity index (χ1v) is 5.97. The molecule has 2 aromatic heterocycles. The number of anilines is 1. The van der Waals surface area contributed by atoms with Crippen LogP contribution in [0.1, 0.15) is 11.4 Å². The zero-order chi connectivity index (χ0) is 14.2. The van der Waals surface area contributed by atoms with Crippen LogP contribution in [0.3, 0.4) is 0 Å². The molecule has 0 spiro atoms. The number of aryl methyl sites for hydroxylation is 2. The number of nitrogens with two attached hydrogens (primary N) is 1. The predicted octanol–water partition coefficient (Wildman–Crippen LogP) is 2.27. The third-order valence-electron chi connectivity index (χ3n) is 2.18. The van der Waals surface area contributed by atoms with Gasteiger partial charge in [-0.25, -0.2) is 9.97 Å². The summed E-state index contributed by atoms with van der Waals surface area (Å²) in [6, 6.07) is 2.61. The Bertz CT molecular complexity index is 608. The van der Waals surface area contributed by atoms with Crippen molar-refractivity contribution in [1.29, 1.82) is 0 Å². The van der Waals surface area contributed by atoms with Crippen LogP contribution in [-0.4, -0.2) is 19.7 Å². The second-order valence-electron chi connectivity index (χ2n) is 3.80. The maximum atomic E-state index is 12.6. The summed E-state index contributed by atoms with van der Waals surface area (Å²) in [6.07, 6.45) is -4.55. The number of hydrogen-bond acceptors (Lipinski definition) is 5. The minimum atomic E-state index is -4.55. The van der Waals surface area contributed by atoms with E-state index in [-0.39, 0.29) is 5.03 Å². The molecule has 2 N–H and O–H groups in total. The Morgan fingerprint density at radius 2 is 1.95 bits per heavy atom. The summed E-state index contributed by atoms with van der Waals surface area (Å²) in [4.78, 5) is 6.96. The van der Waals surface area contributed by atoms with Gasteiger partial charge in [-0.05, 0) is 13.0 Å². The lowest BCUT2D eigenvalue weighted by Gasteiger charge is -2.08. The van der Waals surface area contributed by atoms with Crippen LogP contribution < -0.4 is 5.73 Å². The van der Waals surface area contributed by atoms with Gasteiger partial charge in [-0.15, -0.1) is 0 Å². The Labute approximate surface area is 111 Å². The SMILES string of the molecule is Cc1cc(Sc2cc(C(F)(F)F)nc(N)n2)n(C)n1. The second-order valence-corrected chi connectivity index (χ2v) is 4.84. The summed E-state index contributed by atoms with van der Waals surface area (Å²) < 4.78 is 39.4. The minimum absolute atomic E-state index is 0.128. The number of rotatable bonds is 2. The first-order valence-electron chi connectivity index (χ1n) is 5.16. The highest BCUT2D eigenvalue weighted by Crippen LogP contribution is 2.32. The van der Waals surface area contributed by atoms with Crippen molar-refractivity contribution < 1.29 is 13.2 Å². The smallest absolute Gasteiger partial charge is 0.368 e. The number of alkyl halides is 3. The van der Waals surface area contributed by atoms with Gasteiger partial charge in [-0.2, -0.15) is 18.3 Å². The number of nitrogens with zero attached hydrogens (tertiary/aromatic N) is 4. The standard InChI is InChI=1S/C10H10F3N5S/c1-5-3-8(18(2)17-5)19-7-4-6(10(11,12)13)15-9(14)16-7/h3-4H,1-2H3,(H2,14,15,16). The minimum Gasteiger partial charge on any atom is -0.368 e. The molecule has 0 fully saturated rings. The fourth-order valence-electron chi connectivity index (χ4n) is 1.43. The number of halogens is 3.